The van der Waals surface area contributed by atoms with Crippen molar-refractivity contribution in [1.82, 2.24) is 0 Å². The summed E-state index contributed by atoms with van der Waals surface area (Å²) < 4.78 is 74.7. The number of esters is 1. The van der Waals surface area contributed by atoms with E-state index in [4.69, 9.17) is 66.3 Å². The van der Waals surface area contributed by atoms with E-state index in [0.717, 1.165) is 0 Å². The molecule has 0 aromatic heterocycles. The number of carbonyl (C=O) groups is 1. The zero-order valence-corrected chi connectivity index (χ0v) is 27.7. The molecule has 270 valence electrons. The van der Waals surface area contributed by atoms with Gasteiger partial charge in [0.1, 0.15) is 0 Å². The Kier molecular flexibility index (Phi) is 40.0. The second-order valence-electron chi connectivity index (χ2n) is 8.90. The van der Waals surface area contributed by atoms with Gasteiger partial charge < -0.3 is 66.3 Å². The average molecular weight is 661 g/mol. The first-order chi connectivity index (χ1) is 22.3. The van der Waals surface area contributed by atoms with Crippen molar-refractivity contribution in [1.29, 1.82) is 0 Å². The van der Waals surface area contributed by atoms with E-state index in [1.807, 2.05) is 0 Å². The van der Waals surface area contributed by atoms with Gasteiger partial charge in [-0.25, -0.2) is 0 Å². The fourth-order valence-corrected chi connectivity index (χ4v) is 3.05. The Labute approximate surface area is 269 Å². The molecule has 0 heterocycles. The van der Waals surface area contributed by atoms with Crippen LogP contribution in [0.2, 0.25) is 0 Å². The maximum atomic E-state index is 11.1. The predicted molar refractivity (Wildman–Crippen MR) is 163 cm³/mol. The lowest BCUT2D eigenvalue weighted by molar-refractivity contribution is -0.144. The first-order valence-electron chi connectivity index (χ1n) is 15.9. The van der Waals surface area contributed by atoms with Gasteiger partial charge in [0.25, 0.3) is 0 Å². The Morgan fingerprint density at radius 1 is 0.333 bits per heavy atom. The molecule has 0 aromatic rings. The van der Waals surface area contributed by atoms with Crippen LogP contribution in [0.4, 0.5) is 0 Å². The molecule has 0 saturated carbocycles. The minimum atomic E-state index is -0.252. The lowest BCUT2D eigenvalue weighted by Crippen LogP contribution is -2.15. The second kappa shape index (κ2) is 41.0. The summed E-state index contributed by atoms with van der Waals surface area (Å²) in [7, 11) is 1.64. The van der Waals surface area contributed by atoms with Crippen LogP contribution in [0.3, 0.4) is 0 Å². The summed E-state index contributed by atoms with van der Waals surface area (Å²) in [5.74, 6) is -0.252. The van der Waals surface area contributed by atoms with Crippen LogP contribution in [0.1, 0.15) is 13.3 Å². The van der Waals surface area contributed by atoms with Crippen molar-refractivity contribution in [2.24, 2.45) is 0 Å². The molecular weight excluding hydrogens is 600 g/mol. The Balaban J connectivity index is 3.05. The first-order valence-corrected chi connectivity index (χ1v) is 15.9. The lowest BCUT2D eigenvalue weighted by Gasteiger charge is -2.09. The van der Waals surface area contributed by atoms with Gasteiger partial charge in [0.2, 0.25) is 0 Å². The average Bonchev–Trinajstić information content (AvgIpc) is 3.04. The van der Waals surface area contributed by atoms with Gasteiger partial charge in [0.05, 0.1) is 178 Å². The van der Waals surface area contributed by atoms with Crippen molar-refractivity contribution in [3.8, 4) is 0 Å². The van der Waals surface area contributed by atoms with Crippen molar-refractivity contribution in [3.63, 3.8) is 0 Å². The van der Waals surface area contributed by atoms with E-state index in [-0.39, 0.29) is 12.4 Å². The van der Waals surface area contributed by atoms with Gasteiger partial charge >= 0.3 is 5.97 Å². The van der Waals surface area contributed by atoms with Crippen molar-refractivity contribution in [2.45, 2.75) is 13.3 Å². The summed E-state index contributed by atoms with van der Waals surface area (Å²) in [6.07, 6.45) is 0.256. The van der Waals surface area contributed by atoms with Crippen LogP contribution in [-0.2, 0) is 71.1 Å². The van der Waals surface area contributed by atoms with Crippen LogP contribution in [0.5, 0.6) is 0 Å². The molecule has 0 unspecified atom stereocenters. The van der Waals surface area contributed by atoms with Gasteiger partial charge in [-0.1, -0.05) is 0 Å². The number of carbonyl (C=O) groups excluding carboxylic acids is 1. The third kappa shape index (κ3) is 40.9. The summed E-state index contributed by atoms with van der Waals surface area (Å²) in [5.41, 5.74) is 0. The molecule has 0 aromatic carbocycles. The number of ether oxygens (including phenoxy) is 14. The van der Waals surface area contributed by atoms with Crippen LogP contribution in [0.25, 0.3) is 0 Å². The van der Waals surface area contributed by atoms with Gasteiger partial charge in [-0.15, -0.1) is 0 Å². The Morgan fingerprint density at radius 3 is 0.733 bits per heavy atom. The molecule has 0 fully saturated rings. The summed E-state index contributed by atoms with van der Waals surface area (Å²) in [6, 6.07) is 0. The third-order valence-corrected chi connectivity index (χ3v) is 5.28. The molecule has 15 nitrogen and oxygen atoms in total. The summed E-state index contributed by atoms with van der Waals surface area (Å²) >= 11 is 0. The maximum absolute atomic E-state index is 11.1. The molecule has 0 N–H and O–H groups in total. The van der Waals surface area contributed by atoms with Gasteiger partial charge in [0.15, 0.2) is 0 Å². The summed E-state index contributed by atoms with van der Waals surface area (Å²) in [4.78, 5) is 11.1. The number of methoxy groups -OCH3 is 1. The van der Waals surface area contributed by atoms with Crippen molar-refractivity contribution < 1.29 is 71.1 Å². The number of hydrogen-bond donors (Lipinski definition) is 0. The molecule has 0 rings (SSSR count). The molecule has 0 saturated heterocycles. The zero-order valence-electron chi connectivity index (χ0n) is 27.7. The zero-order chi connectivity index (χ0) is 32.6. The molecule has 0 aliphatic rings. The molecule has 0 spiro atoms. The smallest absolute Gasteiger partial charge is 0.308 e. The third-order valence-electron chi connectivity index (χ3n) is 5.28. The number of rotatable bonds is 40. The van der Waals surface area contributed by atoms with E-state index in [1.165, 1.54) is 0 Å². The Bertz CT molecular complexity index is 559. The van der Waals surface area contributed by atoms with E-state index in [2.05, 4.69) is 0 Å². The highest BCUT2D eigenvalue weighted by atomic mass is 16.6. The van der Waals surface area contributed by atoms with Crippen molar-refractivity contribution in [3.05, 3.63) is 0 Å². The standard InChI is InChI=1S/C30H60O15/c1-3-45-30(31)4-5-33-8-9-35-12-13-37-16-17-39-20-21-41-24-25-43-28-29-44-27-26-42-23-22-40-19-18-38-15-14-36-11-10-34-7-6-32-2/h3-29H2,1-2H3. The van der Waals surface area contributed by atoms with E-state index in [0.29, 0.717) is 172 Å². The van der Waals surface area contributed by atoms with Gasteiger partial charge in [0, 0.05) is 7.11 Å². The van der Waals surface area contributed by atoms with E-state index >= 15 is 0 Å². The van der Waals surface area contributed by atoms with Gasteiger partial charge in [-0.3, -0.25) is 4.79 Å². The summed E-state index contributed by atoms with van der Waals surface area (Å²) in [6.45, 7) is 14.7. The minimum Gasteiger partial charge on any atom is -0.466 e. The maximum Gasteiger partial charge on any atom is 0.308 e. The molecule has 0 bridgehead atoms. The highest BCUT2D eigenvalue weighted by molar-refractivity contribution is 5.69. The molecule has 0 aliphatic heterocycles. The Morgan fingerprint density at radius 2 is 0.533 bits per heavy atom. The SMILES string of the molecule is CCOC(=O)CCOCCOCCOCCOCCOCCOCCOCCOCCOCCOCCOCCOCCOC. The molecule has 45 heavy (non-hydrogen) atoms. The van der Waals surface area contributed by atoms with E-state index in [9.17, 15) is 4.79 Å². The number of hydrogen-bond acceptors (Lipinski definition) is 15. The molecule has 0 atom stereocenters. The van der Waals surface area contributed by atoms with Gasteiger partial charge in [-0.05, 0) is 6.92 Å². The van der Waals surface area contributed by atoms with Crippen LogP contribution < -0.4 is 0 Å². The van der Waals surface area contributed by atoms with E-state index < -0.39 is 0 Å². The van der Waals surface area contributed by atoms with E-state index in [1.54, 1.807) is 14.0 Å². The molecular formula is C30H60O15. The monoisotopic (exact) mass is 660 g/mol. The lowest BCUT2D eigenvalue weighted by atomic mass is 10.5. The van der Waals surface area contributed by atoms with Crippen molar-refractivity contribution >= 4 is 5.97 Å². The summed E-state index contributed by atoms with van der Waals surface area (Å²) in [5, 5.41) is 0. The van der Waals surface area contributed by atoms with Crippen LogP contribution in [-0.4, -0.2) is 185 Å². The Hall–Kier alpha value is -1.05. The molecule has 15 heteroatoms. The second-order valence-corrected chi connectivity index (χ2v) is 8.90. The van der Waals surface area contributed by atoms with Crippen LogP contribution in [0, 0.1) is 0 Å². The highest BCUT2D eigenvalue weighted by Crippen LogP contribution is 1.90. The minimum absolute atomic E-state index is 0.252. The van der Waals surface area contributed by atoms with Crippen LogP contribution >= 0.6 is 0 Å². The molecule has 0 radical (unpaired) electrons. The van der Waals surface area contributed by atoms with Crippen LogP contribution in [0.15, 0.2) is 0 Å². The fourth-order valence-electron chi connectivity index (χ4n) is 3.05. The first kappa shape index (κ1) is 43.9. The topological polar surface area (TPSA) is 146 Å². The quantitative estimate of drug-likeness (QED) is 0.0674. The molecule has 0 aliphatic carbocycles. The largest absolute Gasteiger partial charge is 0.466 e. The van der Waals surface area contributed by atoms with Crippen molar-refractivity contribution in [2.75, 3.05) is 179 Å². The molecule has 0 amide bonds. The normalized spacial score (nSPS) is 11.4. The fraction of sp³-hybridized carbons (Fsp3) is 0.967. The highest BCUT2D eigenvalue weighted by Gasteiger charge is 2.01. The van der Waals surface area contributed by atoms with Gasteiger partial charge in [-0.2, -0.15) is 0 Å². The predicted octanol–water partition coefficient (Wildman–Crippen LogP) is 0.785.